The maximum Gasteiger partial charge on any atom is 0.221 e. The summed E-state index contributed by atoms with van der Waals surface area (Å²) in [5, 5.41) is 0. The molecule has 0 unspecified atom stereocenters. The highest BCUT2D eigenvalue weighted by Gasteiger charge is 2.25. The van der Waals surface area contributed by atoms with Crippen LogP contribution in [0.5, 0.6) is 0 Å². The first kappa shape index (κ1) is 13.4. The van der Waals surface area contributed by atoms with E-state index in [1.165, 1.54) is 18.8 Å². The third-order valence-corrected chi connectivity index (χ3v) is 2.93. The molecule has 0 heterocycles. The van der Waals surface area contributed by atoms with Gasteiger partial charge in [-0.25, -0.2) is 0 Å². The highest BCUT2D eigenvalue weighted by atomic mass is 16.5. The van der Waals surface area contributed by atoms with Crippen molar-refractivity contribution in [3.63, 3.8) is 0 Å². The summed E-state index contributed by atoms with van der Waals surface area (Å²) in [5.41, 5.74) is 2.16. The fourth-order valence-corrected chi connectivity index (χ4v) is 1.65. The number of carbonyl (C=O) groups excluding carboxylic acids is 2. The standard InChI is InChI=1S/C14H18O3/c1-5-9(2)6-7-11-8-12(15)14(17-4)10(3)13(11)16/h6,8H,5,7H2,1-4H3/b9-6+. The number of hydrogen-bond acceptors (Lipinski definition) is 3. The minimum absolute atomic E-state index is 0.0957. The summed E-state index contributed by atoms with van der Waals surface area (Å²) < 4.78 is 4.93. The van der Waals surface area contributed by atoms with E-state index in [4.69, 9.17) is 4.74 Å². The lowest BCUT2D eigenvalue weighted by Crippen LogP contribution is -2.18. The average molecular weight is 234 g/mol. The molecule has 0 amide bonds. The summed E-state index contributed by atoms with van der Waals surface area (Å²) in [5.74, 6) is -0.154. The van der Waals surface area contributed by atoms with Crippen molar-refractivity contribution in [2.24, 2.45) is 0 Å². The molecule has 0 bridgehead atoms. The summed E-state index contributed by atoms with van der Waals surface area (Å²) in [6, 6.07) is 0. The van der Waals surface area contributed by atoms with Crippen LogP contribution in [0.3, 0.4) is 0 Å². The van der Waals surface area contributed by atoms with Gasteiger partial charge in [-0.3, -0.25) is 9.59 Å². The van der Waals surface area contributed by atoms with Crippen LogP contribution in [0.25, 0.3) is 0 Å². The zero-order valence-corrected chi connectivity index (χ0v) is 10.8. The molecule has 0 aromatic carbocycles. The molecule has 0 saturated carbocycles. The van der Waals surface area contributed by atoms with Crippen LogP contribution < -0.4 is 0 Å². The van der Waals surface area contributed by atoms with E-state index in [1.807, 2.05) is 13.0 Å². The Labute approximate surface area is 102 Å². The molecule has 1 rings (SSSR count). The minimum Gasteiger partial charge on any atom is -0.492 e. The van der Waals surface area contributed by atoms with E-state index in [9.17, 15) is 9.59 Å². The molecule has 17 heavy (non-hydrogen) atoms. The van der Waals surface area contributed by atoms with Crippen LogP contribution in [0.2, 0.25) is 0 Å². The van der Waals surface area contributed by atoms with Crippen molar-refractivity contribution in [3.05, 3.63) is 34.6 Å². The predicted octanol–water partition coefficient (Wildman–Crippen LogP) is 2.73. The van der Waals surface area contributed by atoms with E-state index >= 15 is 0 Å². The first-order valence-corrected chi connectivity index (χ1v) is 5.71. The van der Waals surface area contributed by atoms with Gasteiger partial charge in [0.25, 0.3) is 0 Å². The van der Waals surface area contributed by atoms with E-state index in [0.717, 1.165) is 6.42 Å². The van der Waals surface area contributed by atoms with E-state index in [0.29, 0.717) is 17.6 Å². The molecule has 1 aliphatic carbocycles. The molecule has 0 aromatic heterocycles. The first-order valence-electron chi connectivity index (χ1n) is 5.71. The molecular formula is C14H18O3. The van der Waals surface area contributed by atoms with Crippen molar-refractivity contribution in [2.45, 2.75) is 33.6 Å². The minimum atomic E-state index is -0.220. The molecule has 3 nitrogen and oxygen atoms in total. The number of carbonyl (C=O) groups is 2. The van der Waals surface area contributed by atoms with Gasteiger partial charge in [0.2, 0.25) is 5.78 Å². The van der Waals surface area contributed by atoms with Crippen molar-refractivity contribution in [1.29, 1.82) is 0 Å². The van der Waals surface area contributed by atoms with Gasteiger partial charge >= 0.3 is 0 Å². The topological polar surface area (TPSA) is 43.4 Å². The summed E-state index contributed by atoms with van der Waals surface area (Å²) >= 11 is 0. The Kier molecular flexibility index (Phi) is 4.44. The van der Waals surface area contributed by atoms with Gasteiger partial charge in [-0.2, -0.15) is 0 Å². The van der Waals surface area contributed by atoms with Gasteiger partial charge in [0.15, 0.2) is 11.5 Å². The van der Waals surface area contributed by atoms with Crippen LogP contribution in [-0.2, 0) is 14.3 Å². The molecule has 0 atom stereocenters. The molecular weight excluding hydrogens is 216 g/mol. The Morgan fingerprint density at radius 1 is 1.41 bits per heavy atom. The fourth-order valence-electron chi connectivity index (χ4n) is 1.65. The second-order valence-electron chi connectivity index (χ2n) is 4.13. The normalized spacial score (nSPS) is 17.4. The van der Waals surface area contributed by atoms with Crippen LogP contribution >= 0.6 is 0 Å². The largest absolute Gasteiger partial charge is 0.492 e. The second-order valence-corrected chi connectivity index (χ2v) is 4.13. The fraction of sp³-hybridized carbons (Fsp3) is 0.429. The van der Waals surface area contributed by atoms with Crippen LogP contribution in [0.15, 0.2) is 34.6 Å². The lowest BCUT2D eigenvalue weighted by atomic mass is 9.92. The maximum atomic E-state index is 12.0. The SMILES string of the molecule is CC/C(C)=C/CC1=CC(=O)C(OC)=C(C)C1=O. The van der Waals surface area contributed by atoms with Gasteiger partial charge < -0.3 is 4.74 Å². The number of methoxy groups -OCH3 is 1. The monoisotopic (exact) mass is 234 g/mol. The number of ketones is 2. The van der Waals surface area contributed by atoms with Gasteiger partial charge in [0.05, 0.1) is 7.11 Å². The van der Waals surface area contributed by atoms with Gasteiger partial charge in [0, 0.05) is 11.1 Å². The molecule has 92 valence electrons. The summed E-state index contributed by atoms with van der Waals surface area (Å²) in [6.45, 7) is 5.70. The van der Waals surface area contributed by atoms with Crippen LogP contribution in [0.1, 0.15) is 33.6 Å². The number of ether oxygens (including phenoxy) is 1. The van der Waals surface area contributed by atoms with Gasteiger partial charge in [-0.1, -0.05) is 18.6 Å². The summed E-state index contributed by atoms with van der Waals surface area (Å²) in [7, 11) is 1.41. The number of hydrogen-bond donors (Lipinski definition) is 0. The molecule has 0 aromatic rings. The number of Topliss-reactive ketones (excluding diaryl/α,β-unsaturated/α-hetero) is 1. The lowest BCUT2D eigenvalue weighted by molar-refractivity contribution is -0.118. The third-order valence-electron chi connectivity index (χ3n) is 2.93. The Morgan fingerprint density at radius 2 is 2.06 bits per heavy atom. The summed E-state index contributed by atoms with van der Waals surface area (Å²) in [6.07, 6.45) is 4.84. The van der Waals surface area contributed by atoms with Gasteiger partial charge in [-0.05, 0) is 32.8 Å². The van der Waals surface area contributed by atoms with E-state index in [1.54, 1.807) is 6.92 Å². The Hall–Kier alpha value is -1.64. The smallest absolute Gasteiger partial charge is 0.221 e. The van der Waals surface area contributed by atoms with Crippen LogP contribution in [0, 0.1) is 0 Å². The Morgan fingerprint density at radius 3 is 2.59 bits per heavy atom. The summed E-state index contributed by atoms with van der Waals surface area (Å²) in [4.78, 5) is 23.6. The Bertz CT molecular complexity index is 436. The van der Waals surface area contributed by atoms with Gasteiger partial charge in [-0.15, -0.1) is 0 Å². The molecule has 0 radical (unpaired) electrons. The molecule has 0 N–H and O–H groups in total. The second kappa shape index (κ2) is 5.62. The predicted molar refractivity (Wildman–Crippen MR) is 66.5 cm³/mol. The van der Waals surface area contributed by atoms with E-state index < -0.39 is 0 Å². The molecule has 3 heteroatoms. The zero-order valence-electron chi connectivity index (χ0n) is 10.8. The first-order chi connectivity index (χ1) is 8.01. The molecule has 0 saturated heterocycles. The van der Waals surface area contributed by atoms with E-state index in [-0.39, 0.29) is 17.3 Å². The van der Waals surface area contributed by atoms with Crippen LogP contribution in [0.4, 0.5) is 0 Å². The molecule has 0 spiro atoms. The lowest BCUT2D eigenvalue weighted by Gasteiger charge is -2.14. The van der Waals surface area contributed by atoms with Crippen LogP contribution in [-0.4, -0.2) is 18.7 Å². The average Bonchev–Trinajstić information content (AvgIpc) is 2.32. The van der Waals surface area contributed by atoms with Crippen molar-refractivity contribution in [2.75, 3.05) is 7.11 Å². The third kappa shape index (κ3) is 2.93. The highest BCUT2D eigenvalue weighted by molar-refractivity contribution is 6.21. The van der Waals surface area contributed by atoms with Gasteiger partial charge in [0.1, 0.15) is 0 Å². The number of allylic oxidation sites excluding steroid dienone is 5. The van der Waals surface area contributed by atoms with E-state index in [2.05, 4.69) is 6.92 Å². The van der Waals surface area contributed by atoms with Crippen molar-refractivity contribution >= 4 is 11.6 Å². The Balaban J connectivity index is 2.92. The molecule has 0 fully saturated rings. The maximum absolute atomic E-state index is 12.0. The van der Waals surface area contributed by atoms with Crippen molar-refractivity contribution < 1.29 is 14.3 Å². The van der Waals surface area contributed by atoms with Crippen molar-refractivity contribution in [1.82, 2.24) is 0 Å². The molecule has 0 aliphatic heterocycles. The zero-order chi connectivity index (χ0) is 13.0. The van der Waals surface area contributed by atoms with Crippen molar-refractivity contribution in [3.8, 4) is 0 Å². The highest BCUT2D eigenvalue weighted by Crippen LogP contribution is 2.22. The quantitative estimate of drug-likeness (QED) is 0.555. The number of rotatable bonds is 4. The molecule has 1 aliphatic rings.